The van der Waals surface area contributed by atoms with E-state index < -0.39 is 0 Å². The highest BCUT2D eigenvalue weighted by atomic mass is 32.2. The summed E-state index contributed by atoms with van der Waals surface area (Å²) in [5, 5.41) is 14.5. The Balaban J connectivity index is 1.29. The fourth-order valence-electron chi connectivity index (χ4n) is 3.45. The molecule has 9 heteroatoms. The molecule has 4 rings (SSSR count). The fourth-order valence-corrected chi connectivity index (χ4v) is 4.91. The lowest BCUT2D eigenvalue weighted by Crippen LogP contribution is -2.14. The lowest BCUT2D eigenvalue weighted by Gasteiger charge is -2.19. The number of aromatic nitrogens is 4. The Labute approximate surface area is 220 Å². The van der Waals surface area contributed by atoms with Crippen LogP contribution in [-0.4, -0.2) is 31.4 Å². The van der Waals surface area contributed by atoms with E-state index >= 15 is 0 Å². The minimum atomic E-state index is -0.138. The van der Waals surface area contributed by atoms with Crippen molar-refractivity contribution in [1.29, 1.82) is 0 Å². The molecule has 0 aliphatic carbocycles. The fraction of sp³-hybridized carbons (Fsp3) is 0.333. The third kappa shape index (κ3) is 6.33. The van der Waals surface area contributed by atoms with Crippen molar-refractivity contribution in [3.8, 4) is 17.0 Å². The van der Waals surface area contributed by atoms with Gasteiger partial charge in [0.15, 0.2) is 16.1 Å². The minimum absolute atomic E-state index is 0.0998. The van der Waals surface area contributed by atoms with Gasteiger partial charge in [0.1, 0.15) is 12.4 Å². The molecule has 2 heterocycles. The normalized spacial score (nSPS) is 11.5. The van der Waals surface area contributed by atoms with Crippen LogP contribution < -0.4 is 10.1 Å². The summed E-state index contributed by atoms with van der Waals surface area (Å²) in [6.07, 6.45) is 0. The highest BCUT2D eigenvalue weighted by Gasteiger charge is 2.15. The molecule has 1 amide bonds. The summed E-state index contributed by atoms with van der Waals surface area (Å²) in [5.41, 5.74) is 5.72. The summed E-state index contributed by atoms with van der Waals surface area (Å²) in [4.78, 5) is 17.1. The van der Waals surface area contributed by atoms with E-state index in [0.29, 0.717) is 22.7 Å². The quantitative estimate of drug-likeness (QED) is 0.280. The van der Waals surface area contributed by atoms with Gasteiger partial charge in [-0.25, -0.2) is 4.98 Å². The number of rotatable bonds is 8. The predicted octanol–water partition coefficient (Wildman–Crippen LogP) is 6.16. The first-order chi connectivity index (χ1) is 17.1. The molecule has 7 nitrogen and oxygen atoms in total. The summed E-state index contributed by atoms with van der Waals surface area (Å²) in [6.45, 7) is 11.0. The van der Waals surface area contributed by atoms with Gasteiger partial charge in [-0.3, -0.25) is 4.79 Å². The lowest BCUT2D eigenvalue weighted by molar-refractivity contribution is -0.113. The monoisotopic (exact) mass is 521 g/mol. The molecule has 36 heavy (non-hydrogen) atoms. The van der Waals surface area contributed by atoms with Gasteiger partial charge in [0.05, 0.1) is 11.4 Å². The van der Waals surface area contributed by atoms with Crippen LogP contribution in [0.2, 0.25) is 0 Å². The van der Waals surface area contributed by atoms with Gasteiger partial charge < -0.3 is 14.6 Å². The number of thiazole rings is 1. The van der Waals surface area contributed by atoms with E-state index in [-0.39, 0.29) is 17.1 Å². The molecule has 0 spiro atoms. The molecule has 0 radical (unpaired) electrons. The second-order valence-electron chi connectivity index (χ2n) is 9.69. The molecule has 0 aliphatic rings. The summed E-state index contributed by atoms with van der Waals surface area (Å²) >= 11 is 2.74. The molecule has 0 aliphatic heterocycles. The van der Waals surface area contributed by atoms with Crippen molar-refractivity contribution in [2.24, 2.45) is 7.05 Å². The maximum absolute atomic E-state index is 12.5. The molecule has 4 aromatic rings. The molecule has 0 unspecified atom stereocenters. The van der Waals surface area contributed by atoms with Crippen LogP contribution >= 0.6 is 23.1 Å². The number of carbonyl (C=O) groups excluding carboxylic acids is 1. The van der Waals surface area contributed by atoms with Gasteiger partial charge in [-0.05, 0) is 54.2 Å². The van der Waals surface area contributed by atoms with E-state index in [1.54, 1.807) is 0 Å². The van der Waals surface area contributed by atoms with Gasteiger partial charge in [-0.1, -0.05) is 56.8 Å². The van der Waals surface area contributed by atoms with E-state index in [1.807, 2.05) is 29.1 Å². The van der Waals surface area contributed by atoms with Crippen LogP contribution in [0.3, 0.4) is 0 Å². The van der Waals surface area contributed by atoms with Crippen molar-refractivity contribution in [3.05, 3.63) is 70.4 Å². The summed E-state index contributed by atoms with van der Waals surface area (Å²) in [5.74, 6) is 1.54. The second-order valence-corrected chi connectivity index (χ2v) is 11.5. The standard InChI is InChI=1S/C27H31N5O2S2/c1-17-7-8-19(13-18(17)2)22-15-35-25(28-22)29-24(33)16-36-26-31-30-23(32(26)6)14-34-21-11-9-20(10-12-21)27(3,4)5/h7-13,15H,14,16H2,1-6H3,(H,28,29,33). The predicted molar refractivity (Wildman–Crippen MR) is 147 cm³/mol. The maximum atomic E-state index is 12.5. The van der Waals surface area contributed by atoms with Crippen LogP contribution in [0.5, 0.6) is 5.75 Å². The number of hydrogen-bond donors (Lipinski definition) is 1. The van der Waals surface area contributed by atoms with E-state index in [4.69, 9.17) is 4.74 Å². The van der Waals surface area contributed by atoms with Gasteiger partial charge in [-0.15, -0.1) is 21.5 Å². The third-order valence-electron chi connectivity index (χ3n) is 5.90. The zero-order valence-corrected chi connectivity index (χ0v) is 23.1. The topological polar surface area (TPSA) is 81.9 Å². The first-order valence-corrected chi connectivity index (χ1v) is 13.5. The lowest BCUT2D eigenvalue weighted by atomic mass is 9.87. The second kappa shape index (κ2) is 10.8. The smallest absolute Gasteiger partial charge is 0.236 e. The number of amides is 1. The van der Waals surface area contributed by atoms with Gasteiger partial charge in [-0.2, -0.15) is 0 Å². The summed E-state index contributed by atoms with van der Waals surface area (Å²) in [7, 11) is 1.87. The minimum Gasteiger partial charge on any atom is -0.486 e. The molecule has 2 aromatic carbocycles. The number of nitrogens with zero attached hydrogens (tertiary/aromatic N) is 4. The molecular weight excluding hydrogens is 490 g/mol. The van der Waals surface area contributed by atoms with Crippen LogP contribution in [0, 0.1) is 13.8 Å². The molecule has 0 saturated carbocycles. The number of carbonyl (C=O) groups is 1. The number of hydrogen-bond acceptors (Lipinski definition) is 7. The number of anilines is 1. The average Bonchev–Trinajstić information content (AvgIpc) is 3.44. The first kappa shape index (κ1) is 25.9. The summed E-state index contributed by atoms with van der Waals surface area (Å²) in [6, 6.07) is 14.4. The van der Waals surface area contributed by atoms with E-state index in [1.165, 1.54) is 39.8 Å². The van der Waals surface area contributed by atoms with Gasteiger partial charge >= 0.3 is 0 Å². The zero-order valence-electron chi connectivity index (χ0n) is 21.5. The van der Waals surface area contributed by atoms with Crippen LogP contribution in [-0.2, 0) is 23.9 Å². The van der Waals surface area contributed by atoms with Gasteiger partial charge in [0, 0.05) is 18.0 Å². The highest BCUT2D eigenvalue weighted by Crippen LogP contribution is 2.27. The SMILES string of the molecule is Cc1ccc(-c2csc(NC(=O)CSc3nnc(COc4ccc(C(C)(C)C)cc4)n3C)n2)cc1C. The number of aryl methyl sites for hydroxylation is 2. The van der Waals surface area contributed by atoms with E-state index in [0.717, 1.165) is 17.0 Å². The van der Waals surface area contributed by atoms with Crippen molar-refractivity contribution >= 4 is 34.1 Å². The van der Waals surface area contributed by atoms with Crippen LogP contribution in [0.25, 0.3) is 11.3 Å². The van der Waals surface area contributed by atoms with Crippen molar-refractivity contribution in [3.63, 3.8) is 0 Å². The van der Waals surface area contributed by atoms with Crippen molar-refractivity contribution < 1.29 is 9.53 Å². The Morgan fingerprint density at radius 3 is 2.53 bits per heavy atom. The van der Waals surface area contributed by atoms with Crippen LogP contribution in [0.4, 0.5) is 5.13 Å². The Morgan fingerprint density at radius 2 is 1.83 bits per heavy atom. The van der Waals surface area contributed by atoms with Crippen molar-refractivity contribution in [2.45, 2.75) is 51.8 Å². The van der Waals surface area contributed by atoms with Gasteiger partial charge in [0.2, 0.25) is 5.91 Å². The highest BCUT2D eigenvalue weighted by molar-refractivity contribution is 7.99. The number of benzene rings is 2. The van der Waals surface area contributed by atoms with E-state index in [9.17, 15) is 4.79 Å². The Kier molecular flexibility index (Phi) is 7.80. The molecule has 188 valence electrons. The maximum Gasteiger partial charge on any atom is 0.236 e. The zero-order chi connectivity index (χ0) is 25.9. The van der Waals surface area contributed by atoms with Crippen molar-refractivity contribution in [1.82, 2.24) is 19.7 Å². The Morgan fingerprint density at radius 1 is 1.08 bits per heavy atom. The van der Waals surface area contributed by atoms with Gasteiger partial charge in [0.25, 0.3) is 0 Å². The molecule has 0 saturated heterocycles. The Bertz CT molecular complexity index is 1350. The van der Waals surface area contributed by atoms with Crippen LogP contribution in [0.1, 0.15) is 43.3 Å². The van der Waals surface area contributed by atoms with Crippen molar-refractivity contribution in [2.75, 3.05) is 11.1 Å². The number of ether oxygens (including phenoxy) is 1. The van der Waals surface area contributed by atoms with Crippen LogP contribution in [0.15, 0.2) is 53.0 Å². The first-order valence-electron chi connectivity index (χ1n) is 11.7. The molecule has 0 atom stereocenters. The Hall–Kier alpha value is -3.17. The number of thioether (sulfide) groups is 1. The average molecular weight is 522 g/mol. The molecular formula is C27H31N5O2S2. The molecule has 0 bridgehead atoms. The molecule has 0 fully saturated rings. The number of nitrogens with one attached hydrogen (secondary N) is 1. The van der Waals surface area contributed by atoms with E-state index in [2.05, 4.69) is 85.4 Å². The molecule has 1 N–H and O–H groups in total. The molecule has 2 aromatic heterocycles. The third-order valence-corrected chi connectivity index (χ3v) is 7.68. The summed E-state index contributed by atoms with van der Waals surface area (Å²) < 4.78 is 7.74. The largest absolute Gasteiger partial charge is 0.486 e.